The molecule has 104 valence electrons. The Hall–Kier alpha value is -0.710. The molecule has 1 atom stereocenters. The molecule has 0 spiro atoms. The van der Waals surface area contributed by atoms with E-state index in [0.29, 0.717) is 6.54 Å². The molecule has 1 unspecified atom stereocenters. The van der Waals surface area contributed by atoms with Gasteiger partial charge in [-0.25, -0.2) is 0 Å². The average molecular weight is 272 g/mol. The molecule has 1 heterocycles. The largest absolute Gasteiger partial charge is 0.342 e. The van der Waals surface area contributed by atoms with E-state index in [1.54, 1.807) is 4.90 Å². The number of amides is 2. The molecular weight excluding hydrogens is 248 g/mol. The first kappa shape index (κ1) is 15.3. The van der Waals surface area contributed by atoms with Gasteiger partial charge in [-0.05, 0) is 23.3 Å². The van der Waals surface area contributed by atoms with Crippen molar-refractivity contribution in [2.45, 2.75) is 40.2 Å². The van der Waals surface area contributed by atoms with Crippen LogP contribution < -0.4 is 5.32 Å². The number of rotatable bonds is 5. The third-order valence-electron chi connectivity index (χ3n) is 2.99. The van der Waals surface area contributed by atoms with Crippen LogP contribution in [0.4, 0.5) is 0 Å². The molecule has 0 aromatic carbocycles. The number of carbonyl (C=O) groups is 2. The molecule has 1 saturated heterocycles. The lowest BCUT2D eigenvalue weighted by Crippen LogP contribution is -2.62. The van der Waals surface area contributed by atoms with Gasteiger partial charge in [0.05, 0.1) is 6.54 Å². The number of hydrogen-bond acceptors (Lipinski definition) is 3. The van der Waals surface area contributed by atoms with Gasteiger partial charge in [0.2, 0.25) is 11.8 Å². The molecule has 4 nitrogen and oxygen atoms in total. The number of piperazine rings is 1. The van der Waals surface area contributed by atoms with Crippen LogP contribution >= 0.6 is 11.8 Å². The first-order valence-electron chi connectivity index (χ1n) is 6.52. The summed E-state index contributed by atoms with van der Waals surface area (Å²) in [6.45, 7) is 8.96. The minimum atomic E-state index is -0.391. The second-order valence-electron chi connectivity index (χ2n) is 5.68. The zero-order chi connectivity index (χ0) is 13.8. The summed E-state index contributed by atoms with van der Waals surface area (Å²) in [4.78, 5) is 25.6. The van der Waals surface area contributed by atoms with Crippen LogP contribution in [0.2, 0.25) is 0 Å². The monoisotopic (exact) mass is 272 g/mol. The van der Waals surface area contributed by atoms with Gasteiger partial charge in [-0.3, -0.25) is 9.59 Å². The maximum atomic E-state index is 12.3. The second kappa shape index (κ2) is 6.45. The fraction of sp³-hybridized carbons (Fsp3) is 0.846. The summed E-state index contributed by atoms with van der Waals surface area (Å²) in [6.07, 6.45) is 0.953. The van der Waals surface area contributed by atoms with Gasteiger partial charge in [0, 0.05) is 6.54 Å². The molecule has 5 heteroatoms. The lowest BCUT2D eigenvalue weighted by atomic mass is 9.85. The highest BCUT2D eigenvalue weighted by molar-refractivity contribution is 7.99. The standard InChI is InChI=1S/C13H24N2O2S/c1-5-18-8-6-7-15-9-10(16)14-11(12(15)17)13(2,3)4/h11H,5-9H2,1-4H3,(H,14,16). The third kappa shape index (κ3) is 4.19. The minimum absolute atomic E-state index is 0.0438. The third-order valence-corrected chi connectivity index (χ3v) is 3.97. The van der Waals surface area contributed by atoms with Crippen LogP contribution in [0.3, 0.4) is 0 Å². The van der Waals surface area contributed by atoms with Crippen LogP contribution in [0.1, 0.15) is 34.1 Å². The molecule has 1 aliphatic rings. The lowest BCUT2D eigenvalue weighted by Gasteiger charge is -2.38. The summed E-state index contributed by atoms with van der Waals surface area (Å²) in [5, 5.41) is 2.80. The van der Waals surface area contributed by atoms with Crippen molar-refractivity contribution in [3.8, 4) is 0 Å². The van der Waals surface area contributed by atoms with Crippen LogP contribution in [-0.2, 0) is 9.59 Å². The molecule has 0 saturated carbocycles. The maximum Gasteiger partial charge on any atom is 0.246 e. The van der Waals surface area contributed by atoms with Crippen LogP contribution in [0, 0.1) is 5.41 Å². The van der Waals surface area contributed by atoms with Crippen molar-refractivity contribution in [2.24, 2.45) is 5.41 Å². The highest BCUT2D eigenvalue weighted by Crippen LogP contribution is 2.23. The maximum absolute atomic E-state index is 12.3. The molecule has 0 aromatic rings. The topological polar surface area (TPSA) is 49.4 Å². The molecule has 2 amide bonds. The average Bonchev–Trinajstić information content (AvgIpc) is 2.27. The van der Waals surface area contributed by atoms with E-state index in [-0.39, 0.29) is 23.8 Å². The zero-order valence-electron chi connectivity index (χ0n) is 11.8. The Labute approximate surface area is 114 Å². The number of thioether (sulfide) groups is 1. The van der Waals surface area contributed by atoms with Crippen LogP contribution in [0.25, 0.3) is 0 Å². The Kier molecular flexibility index (Phi) is 5.50. The van der Waals surface area contributed by atoms with E-state index in [1.807, 2.05) is 32.5 Å². The van der Waals surface area contributed by atoms with Crippen molar-refractivity contribution in [1.29, 1.82) is 0 Å². The molecule has 1 N–H and O–H groups in total. The van der Waals surface area contributed by atoms with Gasteiger partial charge in [-0.1, -0.05) is 27.7 Å². The fourth-order valence-electron chi connectivity index (χ4n) is 1.98. The van der Waals surface area contributed by atoms with Crippen LogP contribution in [0.15, 0.2) is 0 Å². The lowest BCUT2D eigenvalue weighted by molar-refractivity contribution is -0.147. The summed E-state index contributed by atoms with van der Waals surface area (Å²) >= 11 is 1.87. The van der Waals surface area contributed by atoms with Crippen molar-refractivity contribution in [1.82, 2.24) is 10.2 Å². The van der Waals surface area contributed by atoms with Crippen molar-refractivity contribution in [3.05, 3.63) is 0 Å². The number of nitrogens with zero attached hydrogens (tertiary/aromatic N) is 1. The SMILES string of the molecule is CCSCCCN1CC(=O)NC(C(C)(C)C)C1=O. The molecule has 0 aromatic heterocycles. The Bertz CT molecular complexity index is 313. The predicted octanol–water partition coefficient (Wildman–Crippen LogP) is 1.50. The van der Waals surface area contributed by atoms with E-state index in [1.165, 1.54) is 0 Å². The van der Waals surface area contributed by atoms with E-state index in [9.17, 15) is 9.59 Å². The van der Waals surface area contributed by atoms with Crippen LogP contribution in [-0.4, -0.2) is 47.4 Å². The number of carbonyl (C=O) groups excluding carboxylic acids is 2. The Morgan fingerprint density at radius 3 is 2.61 bits per heavy atom. The minimum Gasteiger partial charge on any atom is -0.342 e. The summed E-state index contributed by atoms with van der Waals surface area (Å²) in [5.41, 5.74) is -0.233. The molecule has 0 aliphatic carbocycles. The van der Waals surface area contributed by atoms with Gasteiger partial charge in [0.15, 0.2) is 0 Å². The van der Waals surface area contributed by atoms with Gasteiger partial charge < -0.3 is 10.2 Å². The second-order valence-corrected chi connectivity index (χ2v) is 7.07. The van der Waals surface area contributed by atoms with Crippen molar-refractivity contribution < 1.29 is 9.59 Å². The van der Waals surface area contributed by atoms with Crippen molar-refractivity contribution in [2.75, 3.05) is 24.6 Å². The van der Waals surface area contributed by atoms with Gasteiger partial charge in [0.1, 0.15) is 6.04 Å². The fourth-order valence-corrected chi connectivity index (χ4v) is 2.60. The molecule has 18 heavy (non-hydrogen) atoms. The quantitative estimate of drug-likeness (QED) is 0.772. The first-order chi connectivity index (χ1) is 8.36. The van der Waals surface area contributed by atoms with Crippen molar-refractivity contribution in [3.63, 3.8) is 0 Å². The van der Waals surface area contributed by atoms with Gasteiger partial charge >= 0.3 is 0 Å². The van der Waals surface area contributed by atoms with Crippen LogP contribution in [0.5, 0.6) is 0 Å². The smallest absolute Gasteiger partial charge is 0.246 e. The number of hydrogen-bond donors (Lipinski definition) is 1. The van der Waals surface area contributed by atoms with Gasteiger partial charge in [-0.15, -0.1) is 0 Å². The van der Waals surface area contributed by atoms with E-state index >= 15 is 0 Å². The highest BCUT2D eigenvalue weighted by atomic mass is 32.2. The van der Waals surface area contributed by atoms with E-state index in [0.717, 1.165) is 17.9 Å². The summed E-state index contributed by atoms with van der Waals surface area (Å²) in [5.74, 6) is 2.16. The summed E-state index contributed by atoms with van der Waals surface area (Å²) in [6, 6.07) is -0.391. The molecule has 1 fully saturated rings. The molecule has 0 radical (unpaired) electrons. The molecule has 1 aliphatic heterocycles. The van der Waals surface area contributed by atoms with E-state index < -0.39 is 6.04 Å². The normalized spacial score (nSPS) is 21.1. The predicted molar refractivity (Wildman–Crippen MR) is 75.6 cm³/mol. The molecule has 0 bridgehead atoms. The molecular formula is C13H24N2O2S. The van der Waals surface area contributed by atoms with E-state index in [4.69, 9.17) is 0 Å². The Morgan fingerprint density at radius 1 is 1.39 bits per heavy atom. The zero-order valence-corrected chi connectivity index (χ0v) is 12.6. The summed E-state index contributed by atoms with van der Waals surface area (Å²) in [7, 11) is 0. The first-order valence-corrected chi connectivity index (χ1v) is 7.67. The van der Waals surface area contributed by atoms with Crippen molar-refractivity contribution >= 4 is 23.6 Å². The Morgan fingerprint density at radius 2 is 2.06 bits per heavy atom. The summed E-state index contributed by atoms with van der Waals surface area (Å²) < 4.78 is 0. The Balaban J connectivity index is 2.57. The number of nitrogens with one attached hydrogen (secondary N) is 1. The highest BCUT2D eigenvalue weighted by Gasteiger charge is 2.39. The van der Waals surface area contributed by atoms with Gasteiger partial charge in [0.25, 0.3) is 0 Å². The molecule has 1 rings (SSSR count). The van der Waals surface area contributed by atoms with Gasteiger partial charge in [-0.2, -0.15) is 11.8 Å². The van der Waals surface area contributed by atoms with E-state index in [2.05, 4.69) is 12.2 Å².